The van der Waals surface area contributed by atoms with Crippen molar-refractivity contribution in [3.63, 3.8) is 0 Å². The molecule has 4 rings (SSSR count). The molecule has 1 fully saturated rings. The summed E-state index contributed by atoms with van der Waals surface area (Å²) in [7, 11) is 1.64. The first-order chi connectivity index (χ1) is 12.3. The molecule has 1 aromatic carbocycles. The number of ether oxygens (including phenoxy) is 1. The first kappa shape index (κ1) is 15.8. The molecule has 6 heteroatoms. The molecule has 6 nitrogen and oxygen atoms in total. The van der Waals surface area contributed by atoms with Crippen molar-refractivity contribution < 1.29 is 9.15 Å². The third kappa shape index (κ3) is 3.39. The number of para-hydroxylation sites is 1. The maximum absolute atomic E-state index is 5.96. The molecule has 0 bridgehead atoms. The molecule has 1 aliphatic rings. The summed E-state index contributed by atoms with van der Waals surface area (Å²) in [5, 5.41) is 8.51. The molecule has 0 saturated carbocycles. The summed E-state index contributed by atoms with van der Waals surface area (Å²) in [6.07, 6.45) is 4.69. The minimum absolute atomic E-state index is 0.276. The van der Waals surface area contributed by atoms with E-state index >= 15 is 0 Å². The van der Waals surface area contributed by atoms with Crippen molar-refractivity contribution in [3.8, 4) is 17.2 Å². The average Bonchev–Trinajstić information content (AvgIpc) is 3.32. The van der Waals surface area contributed by atoms with E-state index in [4.69, 9.17) is 9.15 Å². The largest absolute Gasteiger partial charge is 0.496 e. The Bertz CT molecular complexity index is 834. The van der Waals surface area contributed by atoms with E-state index in [1.165, 1.54) is 5.56 Å². The van der Waals surface area contributed by atoms with Crippen LogP contribution in [-0.4, -0.2) is 40.3 Å². The first-order valence-corrected chi connectivity index (χ1v) is 8.41. The highest BCUT2D eigenvalue weighted by molar-refractivity contribution is 5.62. The van der Waals surface area contributed by atoms with Gasteiger partial charge in [-0.1, -0.05) is 12.1 Å². The van der Waals surface area contributed by atoms with Crippen molar-refractivity contribution in [3.05, 3.63) is 60.2 Å². The van der Waals surface area contributed by atoms with E-state index in [0.717, 1.165) is 37.4 Å². The van der Waals surface area contributed by atoms with Gasteiger partial charge in [0.25, 0.3) is 5.89 Å². The second-order valence-corrected chi connectivity index (χ2v) is 6.22. The maximum Gasteiger partial charge on any atom is 0.251 e. The van der Waals surface area contributed by atoms with Crippen LogP contribution in [-0.2, 0) is 6.54 Å². The monoisotopic (exact) mass is 336 g/mol. The predicted molar refractivity (Wildman–Crippen MR) is 93.2 cm³/mol. The third-order valence-electron chi connectivity index (χ3n) is 4.56. The zero-order valence-electron chi connectivity index (χ0n) is 14.1. The third-order valence-corrected chi connectivity index (χ3v) is 4.56. The van der Waals surface area contributed by atoms with Gasteiger partial charge in [-0.2, -0.15) is 0 Å². The van der Waals surface area contributed by atoms with Gasteiger partial charge in [0.05, 0.1) is 18.6 Å². The topological polar surface area (TPSA) is 64.3 Å². The molecular weight excluding hydrogens is 316 g/mol. The number of benzene rings is 1. The van der Waals surface area contributed by atoms with E-state index in [-0.39, 0.29) is 5.92 Å². The van der Waals surface area contributed by atoms with Crippen molar-refractivity contribution >= 4 is 0 Å². The fourth-order valence-electron chi connectivity index (χ4n) is 3.25. The molecule has 0 N–H and O–H groups in total. The Morgan fingerprint density at radius 3 is 2.84 bits per heavy atom. The quantitative estimate of drug-likeness (QED) is 0.713. The Morgan fingerprint density at radius 1 is 1.16 bits per heavy atom. The van der Waals surface area contributed by atoms with E-state index in [9.17, 15) is 0 Å². The summed E-state index contributed by atoms with van der Waals surface area (Å²) in [5.74, 6) is 2.24. The van der Waals surface area contributed by atoms with Crippen molar-refractivity contribution in [1.82, 2.24) is 20.1 Å². The van der Waals surface area contributed by atoms with Crippen molar-refractivity contribution in [2.75, 3.05) is 20.2 Å². The van der Waals surface area contributed by atoms with Gasteiger partial charge in [0.1, 0.15) is 5.75 Å². The van der Waals surface area contributed by atoms with Crippen LogP contribution in [0.1, 0.15) is 23.8 Å². The summed E-state index contributed by atoms with van der Waals surface area (Å²) in [4.78, 5) is 6.48. The number of hydrogen-bond donors (Lipinski definition) is 0. The van der Waals surface area contributed by atoms with E-state index in [1.54, 1.807) is 7.11 Å². The zero-order valence-corrected chi connectivity index (χ0v) is 14.1. The van der Waals surface area contributed by atoms with Gasteiger partial charge < -0.3 is 9.15 Å². The van der Waals surface area contributed by atoms with Gasteiger partial charge in [0.15, 0.2) is 0 Å². The van der Waals surface area contributed by atoms with Crippen molar-refractivity contribution in [2.45, 2.75) is 18.9 Å². The van der Waals surface area contributed by atoms with Crippen LogP contribution in [0, 0.1) is 0 Å². The number of nitrogens with zero attached hydrogens (tertiary/aromatic N) is 4. The predicted octanol–water partition coefficient (Wildman–Crippen LogP) is 3.13. The Morgan fingerprint density at radius 2 is 2.00 bits per heavy atom. The van der Waals surface area contributed by atoms with Crippen LogP contribution < -0.4 is 4.74 Å². The summed E-state index contributed by atoms with van der Waals surface area (Å²) in [5.41, 5.74) is 2.10. The second-order valence-electron chi connectivity index (χ2n) is 6.22. The summed E-state index contributed by atoms with van der Waals surface area (Å²) in [6, 6.07) is 11.8. The molecule has 0 aliphatic carbocycles. The number of methoxy groups -OCH3 is 1. The molecule has 0 radical (unpaired) electrons. The SMILES string of the molecule is COc1ccccc1-c1nnc(C2CCN(Cc3ccncc3)C2)o1. The normalized spacial score (nSPS) is 17.7. The average molecular weight is 336 g/mol. The molecule has 25 heavy (non-hydrogen) atoms. The van der Waals surface area contributed by atoms with E-state index in [0.29, 0.717) is 11.8 Å². The summed E-state index contributed by atoms with van der Waals surface area (Å²) >= 11 is 0. The van der Waals surface area contributed by atoms with Gasteiger partial charge in [-0.05, 0) is 42.8 Å². The highest BCUT2D eigenvalue weighted by Crippen LogP contribution is 2.32. The van der Waals surface area contributed by atoms with Gasteiger partial charge in [0.2, 0.25) is 5.89 Å². The van der Waals surface area contributed by atoms with Gasteiger partial charge in [0, 0.05) is 25.5 Å². The van der Waals surface area contributed by atoms with Crippen LogP contribution in [0.5, 0.6) is 5.75 Å². The van der Waals surface area contributed by atoms with Crippen LogP contribution in [0.15, 0.2) is 53.2 Å². The molecule has 1 saturated heterocycles. The maximum atomic E-state index is 5.96. The van der Waals surface area contributed by atoms with E-state index in [2.05, 4.69) is 32.2 Å². The lowest BCUT2D eigenvalue weighted by atomic mass is 10.1. The van der Waals surface area contributed by atoms with Gasteiger partial charge in [-0.15, -0.1) is 10.2 Å². The Labute approximate surface area is 146 Å². The van der Waals surface area contributed by atoms with Crippen LogP contribution >= 0.6 is 0 Å². The highest BCUT2D eigenvalue weighted by Gasteiger charge is 2.28. The molecule has 0 amide bonds. The fourth-order valence-corrected chi connectivity index (χ4v) is 3.25. The zero-order chi connectivity index (χ0) is 17.1. The van der Waals surface area contributed by atoms with Gasteiger partial charge >= 0.3 is 0 Å². The lowest BCUT2D eigenvalue weighted by Crippen LogP contribution is -2.19. The van der Waals surface area contributed by atoms with Crippen LogP contribution in [0.25, 0.3) is 11.5 Å². The van der Waals surface area contributed by atoms with Gasteiger partial charge in [-0.25, -0.2) is 0 Å². The van der Waals surface area contributed by atoms with E-state index < -0.39 is 0 Å². The molecule has 128 valence electrons. The number of aromatic nitrogens is 3. The van der Waals surface area contributed by atoms with Crippen molar-refractivity contribution in [1.29, 1.82) is 0 Å². The summed E-state index contributed by atoms with van der Waals surface area (Å²) < 4.78 is 11.3. The molecule has 1 aliphatic heterocycles. The van der Waals surface area contributed by atoms with Crippen molar-refractivity contribution in [2.24, 2.45) is 0 Å². The molecule has 1 atom stereocenters. The number of hydrogen-bond acceptors (Lipinski definition) is 6. The van der Waals surface area contributed by atoms with E-state index in [1.807, 2.05) is 36.7 Å². The minimum atomic E-state index is 0.276. The summed E-state index contributed by atoms with van der Waals surface area (Å²) in [6.45, 7) is 2.88. The second kappa shape index (κ2) is 7.03. The number of rotatable bonds is 5. The highest BCUT2D eigenvalue weighted by atomic mass is 16.5. The first-order valence-electron chi connectivity index (χ1n) is 8.41. The van der Waals surface area contributed by atoms with Crippen LogP contribution in [0.4, 0.5) is 0 Å². The Kier molecular flexibility index (Phi) is 4.43. The van der Waals surface area contributed by atoms with Gasteiger partial charge in [-0.3, -0.25) is 9.88 Å². The lowest BCUT2D eigenvalue weighted by molar-refractivity contribution is 0.320. The van der Waals surface area contributed by atoms with Crippen LogP contribution in [0.2, 0.25) is 0 Å². The minimum Gasteiger partial charge on any atom is -0.496 e. The lowest BCUT2D eigenvalue weighted by Gasteiger charge is -2.14. The molecule has 3 heterocycles. The Hall–Kier alpha value is -2.73. The molecule has 0 spiro atoms. The molecule has 2 aromatic heterocycles. The molecule has 1 unspecified atom stereocenters. The molecular formula is C19H20N4O2. The number of pyridine rings is 1. The fraction of sp³-hybridized carbons (Fsp3) is 0.316. The number of likely N-dealkylation sites (tertiary alicyclic amines) is 1. The Balaban J connectivity index is 1.46. The smallest absolute Gasteiger partial charge is 0.251 e. The molecule has 3 aromatic rings. The van der Waals surface area contributed by atoms with Crippen LogP contribution in [0.3, 0.4) is 0 Å². The standard InChI is InChI=1S/C19H20N4O2/c1-24-17-5-3-2-4-16(17)19-22-21-18(25-19)15-8-11-23(13-15)12-14-6-9-20-10-7-14/h2-7,9-10,15H,8,11-13H2,1H3.